The van der Waals surface area contributed by atoms with Crippen molar-refractivity contribution in [3.05, 3.63) is 52.0 Å². The van der Waals surface area contributed by atoms with Crippen molar-refractivity contribution in [1.82, 2.24) is 20.2 Å². The van der Waals surface area contributed by atoms with Crippen LogP contribution in [0.3, 0.4) is 0 Å². The third-order valence-corrected chi connectivity index (χ3v) is 3.88. The highest BCUT2D eigenvalue weighted by molar-refractivity contribution is 6.33. The molecule has 0 aliphatic heterocycles. The second-order valence-corrected chi connectivity index (χ2v) is 5.40. The molecule has 21 heavy (non-hydrogen) atoms. The van der Waals surface area contributed by atoms with Crippen molar-refractivity contribution in [2.75, 3.05) is 5.73 Å². The molecule has 0 radical (unpaired) electrons. The Morgan fingerprint density at radius 3 is 2.57 bits per heavy atom. The Hall–Kier alpha value is -2.11. The Labute approximate surface area is 131 Å². The summed E-state index contributed by atoms with van der Waals surface area (Å²) in [6.07, 6.45) is 0. The molecular weight excluding hydrogens is 309 g/mol. The molecule has 7 heteroatoms. The van der Waals surface area contributed by atoms with E-state index in [0.29, 0.717) is 21.6 Å². The van der Waals surface area contributed by atoms with Crippen LogP contribution in [0.25, 0.3) is 17.1 Å². The van der Waals surface area contributed by atoms with Crippen LogP contribution in [0.5, 0.6) is 0 Å². The van der Waals surface area contributed by atoms with E-state index in [9.17, 15) is 0 Å². The normalized spacial score (nSPS) is 10.8. The lowest BCUT2D eigenvalue weighted by atomic mass is 10.2. The van der Waals surface area contributed by atoms with E-state index in [0.717, 1.165) is 16.8 Å². The number of aryl methyl sites for hydroxylation is 1. The first-order valence-electron chi connectivity index (χ1n) is 6.16. The molecule has 0 atom stereocenters. The Morgan fingerprint density at radius 2 is 1.86 bits per heavy atom. The minimum atomic E-state index is 0.477. The first-order valence-corrected chi connectivity index (χ1v) is 6.92. The number of hydrogen-bond acceptors (Lipinski definition) is 4. The van der Waals surface area contributed by atoms with Gasteiger partial charge in [0.2, 0.25) is 0 Å². The zero-order valence-corrected chi connectivity index (χ0v) is 12.6. The van der Waals surface area contributed by atoms with Crippen LogP contribution in [0.1, 0.15) is 5.56 Å². The zero-order chi connectivity index (χ0) is 15.0. The summed E-state index contributed by atoms with van der Waals surface area (Å²) in [4.78, 5) is 0. The van der Waals surface area contributed by atoms with E-state index in [-0.39, 0.29) is 0 Å². The highest BCUT2D eigenvalue weighted by atomic mass is 35.5. The molecule has 0 saturated heterocycles. The van der Waals surface area contributed by atoms with E-state index in [1.807, 2.05) is 31.2 Å². The zero-order valence-electron chi connectivity index (χ0n) is 11.1. The lowest BCUT2D eigenvalue weighted by molar-refractivity contribution is 0.791. The van der Waals surface area contributed by atoms with E-state index in [4.69, 9.17) is 28.9 Å². The van der Waals surface area contributed by atoms with Gasteiger partial charge in [-0.2, -0.15) is 4.68 Å². The summed E-state index contributed by atoms with van der Waals surface area (Å²) in [5.74, 6) is 0.568. The minimum Gasteiger partial charge on any atom is -0.398 e. The first kappa shape index (κ1) is 13.9. The fourth-order valence-electron chi connectivity index (χ4n) is 1.94. The van der Waals surface area contributed by atoms with Crippen molar-refractivity contribution in [3.8, 4) is 17.1 Å². The standard InChI is InChI=1S/C14H11Cl2N5/c1-8-2-4-10(7-12(8)16)21-14(18-19-20-21)9-3-5-11(15)13(17)6-9/h2-7H,17H2,1H3. The number of benzene rings is 2. The molecule has 0 aliphatic carbocycles. The summed E-state index contributed by atoms with van der Waals surface area (Å²) < 4.78 is 1.61. The number of rotatable bonds is 2. The van der Waals surface area contributed by atoms with E-state index in [1.54, 1.807) is 16.8 Å². The minimum absolute atomic E-state index is 0.477. The largest absolute Gasteiger partial charge is 0.398 e. The molecule has 2 N–H and O–H groups in total. The topological polar surface area (TPSA) is 69.6 Å². The molecule has 1 aromatic heterocycles. The molecule has 0 fully saturated rings. The quantitative estimate of drug-likeness (QED) is 0.733. The number of nitrogens with two attached hydrogens (primary N) is 1. The van der Waals surface area contributed by atoms with Crippen LogP contribution in [0.15, 0.2) is 36.4 Å². The molecule has 3 aromatic rings. The van der Waals surface area contributed by atoms with Crippen LogP contribution in [-0.4, -0.2) is 20.2 Å². The Morgan fingerprint density at radius 1 is 1.05 bits per heavy atom. The second-order valence-electron chi connectivity index (χ2n) is 4.58. The van der Waals surface area contributed by atoms with Crippen molar-refractivity contribution >= 4 is 28.9 Å². The fourth-order valence-corrected chi connectivity index (χ4v) is 2.23. The van der Waals surface area contributed by atoms with Crippen LogP contribution >= 0.6 is 23.2 Å². The van der Waals surface area contributed by atoms with E-state index in [2.05, 4.69) is 15.5 Å². The van der Waals surface area contributed by atoms with Crippen molar-refractivity contribution in [2.24, 2.45) is 0 Å². The third kappa shape index (κ3) is 2.57. The molecule has 0 bridgehead atoms. The summed E-state index contributed by atoms with van der Waals surface area (Å²) in [6.45, 7) is 1.94. The molecule has 0 saturated carbocycles. The fraction of sp³-hybridized carbons (Fsp3) is 0.0714. The second kappa shape index (κ2) is 5.35. The van der Waals surface area contributed by atoms with Gasteiger partial charge < -0.3 is 5.73 Å². The van der Waals surface area contributed by atoms with Crippen molar-refractivity contribution in [1.29, 1.82) is 0 Å². The lowest BCUT2D eigenvalue weighted by Gasteiger charge is -2.07. The highest BCUT2D eigenvalue weighted by Crippen LogP contribution is 2.27. The van der Waals surface area contributed by atoms with Gasteiger partial charge in [-0.15, -0.1) is 5.10 Å². The van der Waals surface area contributed by atoms with Gasteiger partial charge >= 0.3 is 0 Å². The first-order chi connectivity index (χ1) is 10.1. The van der Waals surface area contributed by atoms with E-state index < -0.39 is 0 Å². The van der Waals surface area contributed by atoms with Crippen molar-refractivity contribution in [3.63, 3.8) is 0 Å². The van der Waals surface area contributed by atoms with Crippen LogP contribution in [0.4, 0.5) is 5.69 Å². The van der Waals surface area contributed by atoms with E-state index in [1.165, 1.54) is 0 Å². The third-order valence-electron chi connectivity index (χ3n) is 3.12. The molecule has 1 heterocycles. The molecule has 0 amide bonds. The summed E-state index contributed by atoms with van der Waals surface area (Å²) in [5, 5.41) is 12.9. The number of hydrogen-bond donors (Lipinski definition) is 1. The summed E-state index contributed by atoms with van der Waals surface area (Å²) in [5.41, 5.74) is 8.85. The van der Waals surface area contributed by atoms with Crippen molar-refractivity contribution < 1.29 is 0 Å². The van der Waals surface area contributed by atoms with Crippen LogP contribution in [0, 0.1) is 6.92 Å². The number of aromatic nitrogens is 4. The Kier molecular flexibility index (Phi) is 3.53. The number of nitrogens with zero attached hydrogens (tertiary/aromatic N) is 4. The van der Waals surface area contributed by atoms with Gasteiger partial charge in [-0.25, -0.2) is 0 Å². The molecular formula is C14H11Cl2N5. The molecule has 5 nitrogen and oxygen atoms in total. The molecule has 3 rings (SSSR count). The molecule has 2 aromatic carbocycles. The predicted octanol–water partition coefficient (Wildman–Crippen LogP) is 3.53. The average Bonchev–Trinajstić information content (AvgIpc) is 2.94. The number of tetrazole rings is 1. The molecule has 0 spiro atoms. The van der Waals surface area contributed by atoms with Crippen LogP contribution in [0.2, 0.25) is 10.0 Å². The monoisotopic (exact) mass is 319 g/mol. The summed E-state index contributed by atoms with van der Waals surface area (Å²) in [6, 6.07) is 10.9. The van der Waals surface area contributed by atoms with Gasteiger partial charge in [0.1, 0.15) is 0 Å². The average molecular weight is 320 g/mol. The molecule has 0 unspecified atom stereocenters. The number of nitrogen functional groups attached to an aromatic ring is 1. The molecule has 0 aliphatic rings. The summed E-state index contributed by atoms with van der Waals surface area (Å²) in [7, 11) is 0. The number of halogens is 2. The Balaban J connectivity index is 2.12. The smallest absolute Gasteiger partial charge is 0.187 e. The number of anilines is 1. The van der Waals surface area contributed by atoms with Gasteiger partial charge in [0.25, 0.3) is 0 Å². The van der Waals surface area contributed by atoms with Gasteiger partial charge in [0.15, 0.2) is 5.82 Å². The summed E-state index contributed by atoms with van der Waals surface area (Å²) >= 11 is 12.1. The van der Waals surface area contributed by atoms with Crippen LogP contribution in [-0.2, 0) is 0 Å². The maximum atomic E-state index is 6.16. The van der Waals surface area contributed by atoms with Gasteiger partial charge in [-0.05, 0) is 53.2 Å². The van der Waals surface area contributed by atoms with E-state index >= 15 is 0 Å². The van der Waals surface area contributed by atoms with Gasteiger partial charge in [-0.3, -0.25) is 0 Å². The highest BCUT2D eigenvalue weighted by Gasteiger charge is 2.12. The lowest BCUT2D eigenvalue weighted by Crippen LogP contribution is -2.00. The van der Waals surface area contributed by atoms with Gasteiger partial charge in [0.05, 0.1) is 16.4 Å². The Bertz CT molecular complexity index is 747. The van der Waals surface area contributed by atoms with Gasteiger partial charge in [-0.1, -0.05) is 29.3 Å². The molecule has 106 valence electrons. The van der Waals surface area contributed by atoms with Crippen LogP contribution < -0.4 is 5.73 Å². The predicted molar refractivity (Wildman–Crippen MR) is 83.8 cm³/mol. The van der Waals surface area contributed by atoms with Crippen molar-refractivity contribution in [2.45, 2.75) is 6.92 Å². The maximum Gasteiger partial charge on any atom is 0.187 e. The SMILES string of the molecule is Cc1ccc(-n2nnnc2-c2ccc(Cl)c(N)c2)cc1Cl. The van der Waals surface area contributed by atoms with Gasteiger partial charge in [0, 0.05) is 10.6 Å². The maximum absolute atomic E-state index is 6.16.